The molecule has 1 aromatic rings. The van der Waals surface area contributed by atoms with Gasteiger partial charge in [0.2, 0.25) is 5.91 Å². The molecule has 0 N–H and O–H groups in total. The van der Waals surface area contributed by atoms with Crippen molar-refractivity contribution in [3.63, 3.8) is 0 Å². The highest BCUT2D eigenvalue weighted by atomic mass is 79.9. The molecule has 14 heavy (non-hydrogen) atoms. The zero-order valence-corrected chi connectivity index (χ0v) is 9.54. The molecule has 1 aliphatic rings. The summed E-state index contributed by atoms with van der Waals surface area (Å²) in [6.45, 7) is 2.79. The molecule has 1 aromatic heterocycles. The minimum Gasteiger partial charge on any atom is -0.297 e. The van der Waals surface area contributed by atoms with Crippen LogP contribution in [0.25, 0.3) is 0 Å². The van der Waals surface area contributed by atoms with Crippen LogP contribution in [-0.4, -0.2) is 17.4 Å². The van der Waals surface area contributed by atoms with Crippen LogP contribution in [0.1, 0.15) is 18.4 Å². The highest BCUT2D eigenvalue weighted by Gasteiger charge is 2.22. The summed E-state index contributed by atoms with van der Waals surface area (Å²) in [5, 5.41) is 0. The average Bonchev–Trinajstić information content (AvgIpc) is 2.57. The molecule has 0 atom stereocenters. The normalized spacial score (nSPS) is 16.4. The Morgan fingerprint density at radius 2 is 2.36 bits per heavy atom. The lowest BCUT2D eigenvalue weighted by molar-refractivity contribution is -0.117. The third-order valence-electron chi connectivity index (χ3n) is 2.38. The predicted molar refractivity (Wildman–Crippen MR) is 58.3 cm³/mol. The fourth-order valence-electron chi connectivity index (χ4n) is 1.56. The molecular formula is C10H11BrN2O. The molecule has 0 radical (unpaired) electrons. The van der Waals surface area contributed by atoms with Crippen molar-refractivity contribution in [3.8, 4) is 0 Å². The van der Waals surface area contributed by atoms with Gasteiger partial charge in [-0.05, 0) is 40.9 Å². The predicted octanol–water partition coefficient (Wildman–Crippen LogP) is 2.28. The van der Waals surface area contributed by atoms with E-state index >= 15 is 0 Å². The Bertz CT molecular complexity index is 378. The summed E-state index contributed by atoms with van der Waals surface area (Å²) < 4.78 is 0.980. The largest absolute Gasteiger partial charge is 0.297 e. The van der Waals surface area contributed by atoms with Crippen molar-refractivity contribution in [2.75, 3.05) is 11.4 Å². The number of hydrogen-bond acceptors (Lipinski definition) is 2. The van der Waals surface area contributed by atoms with Crippen molar-refractivity contribution in [3.05, 3.63) is 22.3 Å². The second kappa shape index (κ2) is 3.69. The molecule has 0 bridgehead atoms. The third-order valence-corrected chi connectivity index (χ3v) is 3.21. The minimum absolute atomic E-state index is 0.180. The first-order valence-corrected chi connectivity index (χ1v) is 5.40. The third kappa shape index (κ3) is 1.66. The maximum Gasteiger partial charge on any atom is 0.228 e. The van der Waals surface area contributed by atoms with Crippen LogP contribution in [0.5, 0.6) is 0 Å². The van der Waals surface area contributed by atoms with E-state index in [2.05, 4.69) is 20.9 Å². The van der Waals surface area contributed by atoms with Gasteiger partial charge in [-0.15, -0.1) is 0 Å². The number of halogens is 1. The lowest BCUT2D eigenvalue weighted by Gasteiger charge is -2.14. The first kappa shape index (κ1) is 9.65. The number of carbonyl (C=O) groups is 1. The fourth-order valence-corrected chi connectivity index (χ4v) is 1.78. The minimum atomic E-state index is 0.180. The van der Waals surface area contributed by atoms with Crippen LogP contribution in [0.15, 0.2) is 16.7 Å². The molecule has 1 amide bonds. The van der Waals surface area contributed by atoms with E-state index in [0.29, 0.717) is 6.42 Å². The van der Waals surface area contributed by atoms with E-state index in [4.69, 9.17) is 0 Å². The van der Waals surface area contributed by atoms with E-state index in [9.17, 15) is 4.79 Å². The van der Waals surface area contributed by atoms with Crippen LogP contribution in [0, 0.1) is 6.92 Å². The average molecular weight is 255 g/mol. The van der Waals surface area contributed by atoms with Crippen LogP contribution >= 0.6 is 15.9 Å². The summed E-state index contributed by atoms with van der Waals surface area (Å²) in [5.74, 6) is 0.951. The van der Waals surface area contributed by atoms with Gasteiger partial charge in [-0.25, -0.2) is 4.98 Å². The molecule has 2 rings (SSSR count). The molecule has 0 saturated carbocycles. The van der Waals surface area contributed by atoms with Crippen molar-refractivity contribution >= 4 is 27.7 Å². The molecule has 0 aliphatic carbocycles. The SMILES string of the molecule is Cc1cc(N2CCCC2=O)ncc1Br. The van der Waals surface area contributed by atoms with Gasteiger partial charge in [-0.3, -0.25) is 9.69 Å². The van der Waals surface area contributed by atoms with Crippen LogP contribution in [0.3, 0.4) is 0 Å². The number of aryl methyl sites for hydroxylation is 1. The number of carbonyl (C=O) groups excluding carboxylic acids is 1. The van der Waals surface area contributed by atoms with Gasteiger partial charge < -0.3 is 0 Å². The van der Waals surface area contributed by atoms with Crippen LogP contribution in [-0.2, 0) is 4.79 Å². The van der Waals surface area contributed by atoms with E-state index in [1.165, 1.54) is 0 Å². The van der Waals surface area contributed by atoms with Gasteiger partial charge >= 0.3 is 0 Å². The van der Waals surface area contributed by atoms with Gasteiger partial charge in [0.1, 0.15) is 5.82 Å². The summed E-state index contributed by atoms with van der Waals surface area (Å²) in [4.78, 5) is 17.4. The summed E-state index contributed by atoms with van der Waals surface area (Å²) in [6.07, 6.45) is 3.34. The monoisotopic (exact) mass is 254 g/mol. The van der Waals surface area contributed by atoms with Gasteiger partial charge in [0.25, 0.3) is 0 Å². The maximum absolute atomic E-state index is 11.4. The number of hydrogen-bond donors (Lipinski definition) is 0. The Morgan fingerprint density at radius 3 is 2.93 bits per heavy atom. The Labute approximate surface area is 91.3 Å². The molecule has 0 aromatic carbocycles. The quantitative estimate of drug-likeness (QED) is 0.771. The van der Waals surface area contributed by atoms with Gasteiger partial charge in [0.05, 0.1) is 0 Å². The molecule has 1 saturated heterocycles. The molecule has 2 heterocycles. The van der Waals surface area contributed by atoms with Gasteiger partial charge in [-0.1, -0.05) is 0 Å². The number of pyridine rings is 1. The van der Waals surface area contributed by atoms with Gasteiger partial charge in [0, 0.05) is 23.6 Å². The molecule has 0 spiro atoms. The lowest BCUT2D eigenvalue weighted by Crippen LogP contribution is -2.24. The zero-order chi connectivity index (χ0) is 10.1. The van der Waals surface area contributed by atoms with Gasteiger partial charge in [0.15, 0.2) is 0 Å². The highest BCUT2D eigenvalue weighted by molar-refractivity contribution is 9.10. The van der Waals surface area contributed by atoms with Crippen molar-refractivity contribution in [2.24, 2.45) is 0 Å². The topological polar surface area (TPSA) is 33.2 Å². The molecule has 3 nitrogen and oxygen atoms in total. The number of nitrogens with zero attached hydrogens (tertiary/aromatic N) is 2. The van der Waals surface area contributed by atoms with Crippen molar-refractivity contribution < 1.29 is 4.79 Å². The Hall–Kier alpha value is -0.900. The summed E-state index contributed by atoms with van der Waals surface area (Å²) in [7, 11) is 0. The standard InChI is InChI=1S/C10H11BrN2O/c1-7-5-9(12-6-8(7)11)13-4-2-3-10(13)14/h5-6H,2-4H2,1H3. The van der Waals surface area contributed by atoms with E-state index in [1.807, 2.05) is 13.0 Å². The van der Waals surface area contributed by atoms with Crippen molar-refractivity contribution in [2.45, 2.75) is 19.8 Å². The highest BCUT2D eigenvalue weighted by Crippen LogP contribution is 2.23. The second-order valence-corrected chi connectivity index (χ2v) is 4.29. The van der Waals surface area contributed by atoms with Crippen LogP contribution < -0.4 is 4.90 Å². The molecule has 0 unspecified atom stereocenters. The van der Waals surface area contributed by atoms with E-state index in [1.54, 1.807) is 11.1 Å². The maximum atomic E-state index is 11.4. The molecule has 1 fully saturated rings. The first-order chi connectivity index (χ1) is 6.68. The van der Waals surface area contributed by atoms with Crippen molar-refractivity contribution in [1.82, 2.24) is 4.98 Å². The summed E-state index contributed by atoms with van der Waals surface area (Å²) in [6, 6.07) is 1.94. The number of aromatic nitrogens is 1. The Balaban J connectivity index is 2.32. The molecule has 74 valence electrons. The fraction of sp³-hybridized carbons (Fsp3) is 0.400. The van der Waals surface area contributed by atoms with Crippen LogP contribution in [0.4, 0.5) is 5.82 Å². The zero-order valence-electron chi connectivity index (χ0n) is 7.96. The smallest absolute Gasteiger partial charge is 0.228 e. The number of rotatable bonds is 1. The number of amides is 1. The first-order valence-electron chi connectivity index (χ1n) is 4.61. The second-order valence-electron chi connectivity index (χ2n) is 3.44. The number of anilines is 1. The molecule has 4 heteroatoms. The lowest BCUT2D eigenvalue weighted by atomic mass is 10.3. The summed E-state index contributed by atoms with van der Waals surface area (Å²) in [5.41, 5.74) is 1.11. The van der Waals surface area contributed by atoms with Gasteiger partial charge in [-0.2, -0.15) is 0 Å². The van der Waals surface area contributed by atoms with E-state index in [0.717, 1.165) is 28.8 Å². The van der Waals surface area contributed by atoms with Crippen LogP contribution in [0.2, 0.25) is 0 Å². The molecule has 1 aliphatic heterocycles. The molecular weight excluding hydrogens is 244 g/mol. The Kier molecular flexibility index (Phi) is 2.54. The summed E-state index contributed by atoms with van der Waals surface area (Å²) >= 11 is 3.39. The van der Waals surface area contributed by atoms with E-state index < -0.39 is 0 Å². The van der Waals surface area contributed by atoms with E-state index in [-0.39, 0.29) is 5.91 Å². The Morgan fingerprint density at radius 1 is 1.57 bits per heavy atom. The van der Waals surface area contributed by atoms with Crippen molar-refractivity contribution in [1.29, 1.82) is 0 Å².